The van der Waals surface area contributed by atoms with Gasteiger partial charge in [0.1, 0.15) is 11.5 Å². The summed E-state index contributed by atoms with van der Waals surface area (Å²) in [5.41, 5.74) is 2.52. The second-order valence-electron chi connectivity index (χ2n) is 6.44. The molecule has 142 valence electrons. The van der Waals surface area contributed by atoms with Gasteiger partial charge in [-0.15, -0.1) is 0 Å². The van der Waals surface area contributed by atoms with Crippen LogP contribution >= 0.6 is 0 Å². The van der Waals surface area contributed by atoms with Gasteiger partial charge in [-0.25, -0.2) is 0 Å². The number of para-hydroxylation sites is 1. The average molecular weight is 368 g/mol. The molecule has 1 fully saturated rings. The minimum absolute atomic E-state index is 0.0337. The zero-order chi connectivity index (χ0) is 19.4. The normalized spacial score (nSPS) is 16.3. The predicted octanol–water partition coefficient (Wildman–Crippen LogP) is 3.26. The van der Waals surface area contributed by atoms with E-state index >= 15 is 0 Å². The molecule has 0 radical (unpaired) electrons. The molecule has 1 heterocycles. The molecule has 0 aliphatic carbocycles. The van der Waals surface area contributed by atoms with Crippen molar-refractivity contribution in [1.29, 1.82) is 0 Å². The molecule has 1 unspecified atom stereocenters. The number of nitrogens with one attached hydrogen (secondary N) is 1. The zero-order valence-electron chi connectivity index (χ0n) is 15.8. The number of nitrogens with zero attached hydrogens (tertiary/aromatic N) is 1. The van der Waals surface area contributed by atoms with E-state index in [0.717, 1.165) is 17.7 Å². The molecule has 2 aromatic carbocycles. The number of benzene rings is 2. The monoisotopic (exact) mass is 368 g/mol. The maximum Gasteiger partial charge on any atom is 0.229 e. The summed E-state index contributed by atoms with van der Waals surface area (Å²) in [5, 5.41) is 2.88. The maximum atomic E-state index is 12.8. The van der Waals surface area contributed by atoms with Crippen molar-refractivity contribution in [3.8, 4) is 11.5 Å². The van der Waals surface area contributed by atoms with E-state index in [-0.39, 0.29) is 18.2 Å². The van der Waals surface area contributed by atoms with Crippen molar-refractivity contribution in [2.45, 2.75) is 19.8 Å². The van der Waals surface area contributed by atoms with Crippen LogP contribution in [0.2, 0.25) is 0 Å². The van der Waals surface area contributed by atoms with Crippen LogP contribution in [0.15, 0.2) is 42.5 Å². The van der Waals surface area contributed by atoms with Crippen LogP contribution in [0.3, 0.4) is 0 Å². The first-order valence-electron chi connectivity index (χ1n) is 8.98. The van der Waals surface area contributed by atoms with Crippen LogP contribution in [0.4, 0.5) is 11.4 Å². The number of carbonyl (C=O) groups is 2. The van der Waals surface area contributed by atoms with Crippen molar-refractivity contribution >= 4 is 23.2 Å². The molecular weight excluding hydrogens is 344 g/mol. The minimum Gasteiger partial charge on any atom is -0.497 e. The van der Waals surface area contributed by atoms with Crippen LogP contribution in [-0.4, -0.2) is 32.6 Å². The fourth-order valence-corrected chi connectivity index (χ4v) is 3.34. The van der Waals surface area contributed by atoms with Gasteiger partial charge in [-0.05, 0) is 30.2 Å². The summed E-state index contributed by atoms with van der Waals surface area (Å²) in [6, 6.07) is 13.0. The quantitative estimate of drug-likeness (QED) is 0.850. The van der Waals surface area contributed by atoms with Gasteiger partial charge in [-0.1, -0.05) is 25.1 Å². The van der Waals surface area contributed by atoms with Crippen LogP contribution in [-0.2, 0) is 16.0 Å². The summed E-state index contributed by atoms with van der Waals surface area (Å²) >= 11 is 0. The Kier molecular flexibility index (Phi) is 5.64. The number of hydrogen-bond acceptors (Lipinski definition) is 4. The molecule has 3 rings (SSSR count). The molecule has 27 heavy (non-hydrogen) atoms. The second kappa shape index (κ2) is 8.12. The van der Waals surface area contributed by atoms with Crippen molar-refractivity contribution in [1.82, 2.24) is 0 Å². The van der Waals surface area contributed by atoms with E-state index in [1.807, 2.05) is 24.3 Å². The molecular formula is C21H24N2O4. The molecule has 0 bridgehead atoms. The molecule has 1 saturated heterocycles. The molecule has 2 aromatic rings. The average Bonchev–Trinajstić information content (AvgIpc) is 3.09. The fraction of sp³-hybridized carbons (Fsp3) is 0.333. The molecule has 6 nitrogen and oxygen atoms in total. The lowest BCUT2D eigenvalue weighted by molar-refractivity contribution is -0.122. The third-order valence-corrected chi connectivity index (χ3v) is 4.82. The Morgan fingerprint density at radius 2 is 1.96 bits per heavy atom. The number of aryl methyl sites for hydroxylation is 1. The van der Waals surface area contributed by atoms with Crippen LogP contribution in [0, 0.1) is 5.92 Å². The van der Waals surface area contributed by atoms with Crippen molar-refractivity contribution in [3.63, 3.8) is 0 Å². The topological polar surface area (TPSA) is 67.9 Å². The van der Waals surface area contributed by atoms with E-state index in [0.29, 0.717) is 23.7 Å². The second-order valence-corrected chi connectivity index (χ2v) is 6.44. The molecule has 0 aromatic heterocycles. The van der Waals surface area contributed by atoms with E-state index in [2.05, 4.69) is 12.2 Å². The Morgan fingerprint density at radius 3 is 2.67 bits per heavy atom. The molecule has 2 amide bonds. The molecule has 1 aliphatic rings. The lowest BCUT2D eigenvalue weighted by Gasteiger charge is -2.20. The third kappa shape index (κ3) is 3.89. The van der Waals surface area contributed by atoms with Gasteiger partial charge in [0.2, 0.25) is 11.8 Å². The highest BCUT2D eigenvalue weighted by Gasteiger charge is 2.36. The molecule has 1 atom stereocenters. The van der Waals surface area contributed by atoms with Gasteiger partial charge in [0, 0.05) is 24.7 Å². The molecule has 6 heteroatoms. The summed E-state index contributed by atoms with van der Waals surface area (Å²) in [4.78, 5) is 27.0. The Hall–Kier alpha value is -3.02. The molecule has 0 saturated carbocycles. The number of amides is 2. The van der Waals surface area contributed by atoms with Crippen LogP contribution in [0.1, 0.15) is 18.9 Å². The Balaban J connectivity index is 1.77. The highest BCUT2D eigenvalue weighted by atomic mass is 16.5. The standard InChI is InChI=1S/C21H24N2O4/c1-4-14-7-5-6-8-18(14)23-13-15(11-20(23)24)21(25)22-17-12-16(26-2)9-10-19(17)27-3/h5-10,12,15H,4,11,13H2,1-3H3,(H,22,25). The molecule has 1 aliphatic heterocycles. The minimum atomic E-state index is -0.418. The van der Waals surface area contributed by atoms with Crippen LogP contribution in [0.5, 0.6) is 11.5 Å². The summed E-state index contributed by atoms with van der Waals surface area (Å²) in [5.74, 6) is 0.507. The first kappa shape index (κ1) is 18.8. The Bertz CT molecular complexity index is 850. The Labute approximate surface area is 159 Å². The van der Waals surface area contributed by atoms with Crippen molar-refractivity contribution in [2.24, 2.45) is 5.92 Å². The highest BCUT2D eigenvalue weighted by molar-refractivity contribution is 6.04. The summed E-state index contributed by atoms with van der Waals surface area (Å²) in [7, 11) is 3.10. The van der Waals surface area contributed by atoms with Gasteiger partial charge in [0.25, 0.3) is 0 Å². The summed E-state index contributed by atoms with van der Waals surface area (Å²) in [6.45, 7) is 2.42. The SMILES string of the molecule is CCc1ccccc1N1CC(C(=O)Nc2cc(OC)ccc2OC)CC1=O. The number of ether oxygens (including phenoxy) is 2. The Morgan fingerprint density at radius 1 is 1.19 bits per heavy atom. The lowest BCUT2D eigenvalue weighted by Crippen LogP contribution is -2.28. The number of methoxy groups -OCH3 is 2. The summed E-state index contributed by atoms with van der Waals surface area (Å²) < 4.78 is 10.5. The largest absolute Gasteiger partial charge is 0.497 e. The fourth-order valence-electron chi connectivity index (χ4n) is 3.34. The first-order valence-corrected chi connectivity index (χ1v) is 8.98. The number of carbonyl (C=O) groups excluding carboxylic acids is 2. The third-order valence-electron chi connectivity index (χ3n) is 4.82. The van der Waals surface area contributed by atoms with E-state index in [1.165, 1.54) is 0 Å². The van der Waals surface area contributed by atoms with E-state index in [4.69, 9.17) is 9.47 Å². The summed E-state index contributed by atoms with van der Waals surface area (Å²) in [6.07, 6.45) is 1.02. The van der Waals surface area contributed by atoms with Gasteiger partial charge in [-0.2, -0.15) is 0 Å². The number of hydrogen-bond donors (Lipinski definition) is 1. The zero-order valence-corrected chi connectivity index (χ0v) is 15.8. The molecule has 0 spiro atoms. The van der Waals surface area contributed by atoms with Crippen molar-refractivity contribution in [3.05, 3.63) is 48.0 Å². The van der Waals surface area contributed by atoms with Gasteiger partial charge in [0.15, 0.2) is 0 Å². The van der Waals surface area contributed by atoms with E-state index in [1.54, 1.807) is 37.3 Å². The smallest absolute Gasteiger partial charge is 0.229 e. The van der Waals surface area contributed by atoms with Crippen molar-refractivity contribution < 1.29 is 19.1 Å². The van der Waals surface area contributed by atoms with Crippen LogP contribution in [0.25, 0.3) is 0 Å². The highest BCUT2D eigenvalue weighted by Crippen LogP contribution is 2.32. The van der Waals surface area contributed by atoms with Gasteiger partial charge in [0.05, 0.1) is 25.8 Å². The van der Waals surface area contributed by atoms with Crippen LogP contribution < -0.4 is 19.7 Å². The predicted molar refractivity (Wildman–Crippen MR) is 104 cm³/mol. The van der Waals surface area contributed by atoms with Gasteiger partial charge >= 0.3 is 0 Å². The molecule has 1 N–H and O–H groups in total. The number of rotatable bonds is 6. The first-order chi connectivity index (χ1) is 13.1. The van der Waals surface area contributed by atoms with Gasteiger partial charge in [-0.3, -0.25) is 9.59 Å². The van der Waals surface area contributed by atoms with Gasteiger partial charge < -0.3 is 19.7 Å². The van der Waals surface area contributed by atoms with E-state index < -0.39 is 5.92 Å². The maximum absolute atomic E-state index is 12.8. The number of anilines is 2. The van der Waals surface area contributed by atoms with E-state index in [9.17, 15) is 9.59 Å². The lowest BCUT2D eigenvalue weighted by atomic mass is 10.1. The van der Waals surface area contributed by atoms with Crippen molar-refractivity contribution in [2.75, 3.05) is 31.0 Å².